The highest BCUT2D eigenvalue weighted by molar-refractivity contribution is 5.96. The lowest BCUT2D eigenvalue weighted by Gasteiger charge is -2.28. The minimum absolute atomic E-state index is 0.0119. The van der Waals surface area contributed by atoms with E-state index in [-0.39, 0.29) is 42.7 Å². The van der Waals surface area contributed by atoms with Gasteiger partial charge in [-0.3, -0.25) is 14.4 Å². The van der Waals surface area contributed by atoms with Gasteiger partial charge in [-0.05, 0) is 72.7 Å². The summed E-state index contributed by atoms with van der Waals surface area (Å²) < 4.78 is 19.3. The SMILES string of the molecule is CCCCCc1ccc(C(=O)N(CCC(C)C)CC(=O)N(Cc2ccc(F)cc2)Cc2coc3ccccc3c2=O)cc1. The van der Waals surface area contributed by atoms with E-state index in [4.69, 9.17) is 4.42 Å². The molecule has 0 atom stereocenters. The maximum atomic E-state index is 13.9. The highest BCUT2D eigenvalue weighted by Gasteiger charge is 2.24. The standard InChI is InChI=1S/C36H41FN2O4/c1-4-5-6-9-27-12-16-29(17-13-27)36(42)38(21-20-26(2)3)24-34(40)39(22-28-14-18-31(37)19-15-28)23-30-25-43-33-11-8-7-10-32(33)35(30)41/h7-8,10-19,25-26H,4-6,9,20-24H2,1-3H3. The number of amides is 2. The summed E-state index contributed by atoms with van der Waals surface area (Å²) in [5, 5.41) is 0.432. The topological polar surface area (TPSA) is 70.8 Å². The van der Waals surface area contributed by atoms with Crippen molar-refractivity contribution in [3.8, 4) is 0 Å². The number of unbranched alkanes of at least 4 members (excludes halogenated alkanes) is 2. The van der Waals surface area contributed by atoms with Gasteiger partial charge in [0, 0.05) is 18.7 Å². The molecule has 2 amide bonds. The number of hydrogen-bond acceptors (Lipinski definition) is 4. The fourth-order valence-corrected chi connectivity index (χ4v) is 4.98. The maximum Gasteiger partial charge on any atom is 0.254 e. The first kappa shape index (κ1) is 31.7. The first-order valence-electron chi connectivity index (χ1n) is 15.1. The van der Waals surface area contributed by atoms with E-state index >= 15 is 0 Å². The Labute approximate surface area is 253 Å². The van der Waals surface area contributed by atoms with Crippen LogP contribution in [0.25, 0.3) is 11.0 Å². The van der Waals surface area contributed by atoms with Gasteiger partial charge in [0.25, 0.3) is 5.91 Å². The maximum absolute atomic E-state index is 13.9. The molecular formula is C36H41FN2O4. The lowest BCUT2D eigenvalue weighted by Crippen LogP contribution is -2.43. The molecule has 3 aromatic carbocycles. The zero-order valence-corrected chi connectivity index (χ0v) is 25.4. The van der Waals surface area contributed by atoms with E-state index < -0.39 is 0 Å². The third-order valence-electron chi connectivity index (χ3n) is 7.61. The second kappa shape index (κ2) is 15.3. The van der Waals surface area contributed by atoms with Crippen molar-refractivity contribution >= 4 is 22.8 Å². The molecule has 4 aromatic rings. The molecule has 7 heteroatoms. The van der Waals surface area contributed by atoms with E-state index in [0.29, 0.717) is 40.1 Å². The number of carbonyl (C=O) groups is 2. The molecule has 0 aliphatic rings. The second-order valence-electron chi connectivity index (χ2n) is 11.5. The van der Waals surface area contributed by atoms with Crippen molar-refractivity contribution in [3.63, 3.8) is 0 Å². The summed E-state index contributed by atoms with van der Waals surface area (Å²) in [6.07, 6.45) is 6.53. The van der Waals surface area contributed by atoms with Crippen LogP contribution in [-0.4, -0.2) is 34.7 Å². The number of aryl methyl sites for hydroxylation is 1. The smallest absolute Gasteiger partial charge is 0.254 e. The molecule has 0 aliphatic carbocycles. The highest BCUT2D eigenvalue weighted by atomic mass is 19.1. The van der Waals surface area contributed by atoms with Crippen LogP contribution in [0, 0.1) is 11.7 Å². The zero-order valence-electron chi connectivity index (χ0n) is 25.4. The number of benzene rings is 3. The molecule has 0 N–H and O–H groups in total. The summed E-state index contributed by atoms with van der Waals surface area (Å²) in [5.74, 6) is -0.561. The van der Waals surface area contributed by atoms with Gasteiger partial charge in [0.2, 0.25) is 5.91 Å². The summed E-state index contributed by atoms with van der Waals surface area (Å²) in [5.41, 5.74) is 3.01. The van der Waals surface area contributed by atoms with Crippen LogP contribution in [-0.2, 0) is 24.3 Å². The van der Waals surface area contributed by atoms with Gasteiger partial charge < -0.3 is 14.2 Å². The molecule has 226 valence electrons. The van der Waals surface area contributed by atoms with E-state index in [0.717, 1.165) is 25.7 Å². The number of hydrogen-bond donors (Lipinski definition) is 0. The van der Waals surface area contributed by atoms with Crippen molar-refractivity contribution in [2.75, 3.05) is 13.1 Å². The molecule has 0 bridgehead atoms. The number of rotatable bonds is 14. The van der Waals surface area contributed by atoms with E-state index in [9.17, 15) is 18.8 Å². The van der Waals surface area contributed by atoms with E-state index in [1.54, 1.807) is 41.3 Å². The Hall–Kier alpha value is -4.26. The fourth-order valence-electron chi connectivity index (χ4n) is 4.98. The first-order valence-corrected chi connectivity index (χ1v) is 15.1. The number of halogens is 1. The van der Waals surface area contributed by atoms with Gasteiger partial charge in [-0.25, -0.2) is 4.39 Å². The number of fused-ring (bicyclic) bond motifs is 1. The molecule has 0 aliphatic heterocycles. The Morgan fingerprint density at radius 1 is 0.860 bits per heavy atom. The minimum Gasteiger partial charge on any atom is -0.464 e. The van der Waals surface area contributed by atoms with Crippen LogP contribution < -0.4 is 5.43 Å². The number of nitrogens with zero attached hydrogens (tertiary/aromatic N) is 2. The number of carbonyl (C=O) groups excluding carboxylic acids is 2. The third-order valence-corrected chi connectivity index (χ3v) is 7.61. The number of para-hydroxylation sites is 1. The Morgan fingerprint density at radius 2 is 1.56 bits per heavy atom. The second-order valence-corrected chi connectivity index (χ2v) is 11.5. The fraction of sp³-hybridized carbons (Fsp3) is 0.361. The molecule has 0 saturated carbocycles. The van der Waals surface area contributed by atoms with Crippen LogP contribution in [0.15, 0.2) is 88.3 Å². The predicted octanol–water partition coefficient (Wildman–Crippen LogP) is 7.38. The van der Waals surface area contributed by atoms with Crippen molar-refractivity contribution in [2.45, 2.75) is 66.0 Å². The predicted molar refractivity (Wildman–Crippen MR) is 168 cm³/mol. The van der Waals surface area contributed by atoms with Crippen molar-refractivity contribution in [3.05, 3.63) is 117 Å². The van der Waals surface area contributed by atoms with Crippen molar-refractivity contribution in [1.29, 1.82) is 0 Å². The normalized spacial score (nSPS) is 11.2. The lowest BCUT2D eigenvalue weighted by atomic mass is 10.0. The summed E-state index contributed by atoms with van der Waals surface area (Å²) in [6, 6.07) is 20.5. The highest BCUT2D eigenvalue weighted by Crippen LogP contribution is 2.17. The van der Waals surface area contributed by atoms with Gasteiger partial charge in [-0.2, -0.15) is 0 Å². The molecule has 0 fully saturated rings. The average molecular weight is 585 g/mol. The first-order chi connectivity index (χ1) is 20.7. The quantitative estimate of drug-likeness (QED) is 0.145. The molecule has 6 nitrogen and oxygen atoms in total. The largest absolute Gasteiger partial charge is 0.464 e. The minimum atomic E-state index is -0.376. The van der Waals surface area contributed by atoms with Gasteiger partial charge in [0.15, 0.2) is 5.43 Å². The Morgan fingerprint density at radius 3 is 2.26 bits per heavy atom. The van der Waals surface area contributed by atoms with Crippen LogP contribution in [0.3, 0.4) is 0 Å². The van der Waals surface area contributed by atoms with E-state index in [2.05, 4.69) is 20.8 Å². The molecule has 43 heavy (non-hydrogen) atoms. The van der Waals surface area contributed by atoms with Crippen LogP contribution in [0.2, 0.25) is 0 Å². The summed E-state index contributed by atoms with van der Waals surface area (Å²) in [4.78, 5) is 44.0. The van der Waals surface area contributed by atoms with Crippen molar-refractivity contribution < 1.29 is 18.4 Å². The van der Waals surface area contributed by atoms with Crippen LogP contribution in [0.5, 0.6) is 0 Å². The summed E-state index contributed by atoms with van der Waals surface area (Å²) in [6.45, 7) is 6.73. The molecular weight excluding hydrogens is 543 g/mol. The van der Waals surface area contributed by atoms with E-state index in [1.807, 2.05) is 24.3 Å². The lowest BCUT2D eigenvalue weighted by molar-refractivity contribution is -0.133. The Bertz CT molecular complexity index is 1560. The van der Waals surface area contributed by atoms with Gasteiger partial charge in [0.05, 0.1) is 23.8 Å². The van der Waals surface area contributed by atoms with Gasteiger partial charge >= 0.3 is 0 Å². The molecule has 1 aromatic heterocycles. The monoisotopic (exact) mass is 584 g/mol. The molecule has 0 unspecified atom stereocenters. The van der Waals surface area contributed by atoms with Crippen molar-refractivity contribution in [1.82, 2.24) is 9.80 Å². The Balaban J connectivity index is 1.58. The van der Waals surface area contributed by atoms with E-state index in [1.165, 1.54) is 35.3 Å². The van der Waals surface area contributed by atoms with Gasteiger partial charge in [0.1, 0.15) is 17.9 Å². The van der Waals surface area contributed by atoms with Crippen LogP contribution in [0.4, 0.5) is 4.39 Å². The van der Waals surface area contributed by atoms with Crippen LogP contribution in [0.1, 0.15) is 73.5 Å². The molecule has 0 radical (unpaired) electrons. The third kappa shape index (κ3) is 8.87. The molecule has 4 rings (SSSR count). The summed E-state index contributed by atoms with van der Waals surface area (Å²) >= 11 is 0. The molecule has 0 saturated heterocycles. The Kier molecular flexibility index (Phi) is 11.3. The molecule has 0 spiro atoms. The van der Waals surface area contributed by atoms with Gasteiger partial charge in [-0.15, -0.1) is 0 Å². The van der Waals surface area contributed by atoms with Gasteiger partial charge in [-0.1, -0.05) is 70.0 Å². The average Bonchev–Trinajstić information content (AvgIpc) is 3.01. The molecule has 1 heterocycles. The van der Waals surface area contributed by atoms with Crippen LogP contribution >= 0.6 is 0 Å². The van der Waals surface area contributed by atoms with Crippen molar-refractivity contribution in [2.24, 2.45) is 5.92 Å². The zero-order chi connectivity index (χ0) is 30.8. The summed E-state index contributed by atoms with van der Waals surface area (Å²) in [7, 11) is 0.